The second-order valence-electron chi connectivity index (χ2n) is 7.31. The molecule has 0 spiro atoms. The number of likely N-dealkylation sites (tertiary alicyclic amines) is 1. The van der Waals surface area contributed by atoms with E-state index in [0.717, 1.165) is 25.2 Å². The van der Waals surface area contributed by atoms with Gasteiger partial charge in [-0.1, -0.05) is 36.8 Å². The van der Waals surface area contributed by atoms with Crippen molar-refractivity contribution in [2.45, 2.75) is 32.2 Å². The molecule has 0 atom stereocenters. The molecule has 2 amide bonds. The fourth-order valence-corrected chi connectivity index (χ4v) is 3.49. The maximum absolute atomic E-state index is 12.9. The summed E-state index contributed by atoms with van der Waals surface area (Å²) in [4.78, 5) is 37.3. The number of carbonyl (C=O) groups is 2. The van der Waals surface area contributed by atoms with Crippen LogP contribution in [0.2, 0.25) is 0 Å². The Hall–Kier alpha value is -2.80. The molecule has 1 N–H and O–H groups in total. The van der Waals surface area contributed by atoms with Crippen molar-refractivity contribution < 1.29 is 9.59 Å². The summed E-state index contributed by atoms with van der Waals surface area (Å²) >= 11 is 0. The van der Waals surface area contributed by atoms with E-state index >= 15 is 0 Å². The van der Waals surface area contributed by atoms with E-state index in [1.54, 1.807) is 4.90 Å². The molecule has 0 saturated carbocycles. The Morgan fingerprint density at radius 1 is 1.07 bits per heavy atom. The summed E-state index contributed by atoms with van der Waals surface area (Å²) in [6.45, 7) is 4.53. The van der Waals surface area contributed by atoms with Crippen molar-refractivity contribution in [2.24, 2.45) is 0 Å². The monoisotopic (exact) mass is 395 g/mol. The molecule has 3 rings (SSSR count). The van der Waals surface area contributed by atoms with Crippen LogP contribution in [0.1, 0.15) is 41.7 Å². The second-order valence-corrected chi connectivity index (χ2v) is 7.31. The molecule has 0 bridgehead atoms. The lowest BCUT2D eigenvalue weighted by Crippen LogP contribution is -2.39. The van der Waals surface area contributed by atoms with Gasteiger partial charge in [-0.25, -0.2) is 4.98 Å². The molecule has 0 radical (unpaired) electrons. The molecule has 1 saturated heterocycles. The summed E-state index contributed by atoms with van der Waals surface area (Å²) in [6.07, 6.45) is 8.55. The summed E-state index contributed by atoms with van der Waals surface area (Å²) in [5.74, 6) is -0.255. The number of piperidine rings is 1. The first-order valence-electron chi connectivity index (χ1n) is 10.3. The van der Waals surface area contributed by atoms with Crippen LogP contribution in [0.3, 0.4) is 0 Å². The summed E-state index contributed by atoms with van der Waals surface area (Å²) in [6, 6.07) is 9.75. The minimum absolute atomic E-state index is 0.0352. The number of nitrogens with one attached hydrogen (secondary N) is 1. The lowest BCUT2D eigenvalue weighted by Gasteiger charge is -2.26. The van der Waals surface area contributed by atoms with E-state index in [2.05, 4.69) is 20.2 Å². The molecule has 0 aliphatic carbocycles. The lowest BCUT2D eigenvalue weighted by molar-refractivity contribution is -0.121. The topological polar surface area (TPSA) is 78.4 Å². The van der Waals surface area contributed by atoms with Crippen molar-refractivity contribution in [1.82, 2.24) is 25.1 Å². The molecule has 154 valence electrons. The maximum atomic E-state index is 12.9. The zero-order chi connectivity index (χ0) is 20.3. The number of rotatable bonds is 9. The highest BCUT2D eigenvalue weighted by Crippen LogP contribution is 2.10. The van der Waals surface area contributed by atoms with Crippen LogP contribution in [0.5, 0.6) is 0 Å². The van der Waals surface area contributed by atoms with Gasteiger partial charge in [-0.15, -0.1) is 0 Å². The van der Waals surface area contributed by atoms with Crippen LogP contribution >= 0.6 is 0 Å². The number of amides is 2. The van der Waals surface area contributed by atoms with E-state index < -0.39 is 0 Å². The molecule has 0 unspecified atom stereocenters. The predicted octanol–water partition coefficient (Wildman–Crippen LogP) is 2.11. The van der Waals surface area contributed by atoms with Gasteiger partial charge in [-0.2, -0.15) is 0 Å². The first-order chi connectivity index (χ1) is 14.2. The summed E-state index contributed by atoms with van der Waals surface area (Å²) < 4.78 is 0. The van der Waals surface area contributed by atoms with Gasteiger partial charge in [-0.3, -0.25) is 14.6 Å². The fourth-order valence-electron chi connectivity index (χ4n) is 3.49. The SMILES string of the molecule is O=C(CCN(Cc1ccccc1)C(=O)c1cnccn1)NCCN1CCCCC1. The third-order valence-corrected chi connectivity index (χ3v) is 5.09. The Balaban J connectivity index is 1.51. The van der Waals surface area contributed by atoms with Crippen LogP contribution in [0.25, 0.3) is 0 Å². The standard InChI is InChI=1S/C22H29N5O2/c28-21(25-12-16-26-13-5-2-6-14-26)9-15-27(18-19-7-3-1-4-8-19)22(29)20-17-23-10-11-24-20/h1,3-4,7-8,10-11,17H,2,5-6,9,12-16,18H2,(H,25,28). The molecule has 2 heterocycles. The normalized spacial score (nSPS) is 14.3. The molecular formula is C22H29N5O2. The van der Waals surface area contributed by atoms with Gasteiger partial charge in [0, 0.05) is 45.0 Å². The molecule has 7 nitrogen and oxygen atoms in total. The number of hydrogen-bond acceptors (Lipinski definition) is 5. The summed E-state index contributed by atoms with van der Waals surface area (Å²) in [5.41, 5.74) is 1.30. The van der Waals surface area contributed by atoms with E-state index in [0.29, 0.717) is 19.6 Å². The average molecular weight is 396 g/mol. The van der Waals surface area contributed by atoms with Gasteiger partial charge in [-0.05, 0) is 31.5 Å². The largest absolute Gasteiger partial charge is 0.355 e. The number of carbonyl (C=O) groups excluding carboxylic acids is 2. The van der Waals surface area contributed by atoms with E-state index in [1.807, 2.05) is 30.3 Å². The molecular weight excluding hydrogens is 366 g/mol. The van der Waals surface area contributed by atoms with Crippen molar-refractivity contribution in [3.8, 4) is 0 Å². The number of aromatic nitrogens is 2. The van der Waals surface area contributed by atoms with E-state index in [1.165, 1.54) is 37.9 Å². The lowest BCUT2D eigenvalue weighted by atomic mass is 10.1. The Morgan fingerprint density at radius 2 is 1.86 bits per heavy atom. The zero-order valence-electron chi connectivity index (χ0n) is 16.8. The van der Waals surface area contributed by atoms with Gasteiger partial charge in [0.2, 0.25) is 5.91 Å². The van der Waals surface area contributed by atoms with Crippen molar-refractivity contribution in [2.75, 3.05) is 32.7 Å². The van der Waals surface area contributed by atoms with Crippen molar-refractivity contribution in [3.05, 3.63) is 60.2 Å². The Morgan fingerprint density at radius 3 is 2.59 bits per heavy atom. The van der Waals surface area contributed by atoms with Gasteiger partial charge < -0.3 is 15.1 Å². The highest BCUT2D eigenvalue weighted by atomic mass is 16.2. The summed E-state index contributed by atoms with van der Waals surface area (Å²) in [7, 11) is 0. The third-order valence-electron chi connectivity index (χ3n) is 5.09. The van der Waals surface area contributed by atoms with Crippen LogP contribution in [0, 0.1) is 0 Å². The van der Waals surface area contributed by atoms with Crippen molar-refractivity contribution >= 4 is 11.8 Å². The highest BCUT2D eigenvalue weighted by molar-refractivity contribution is 5.92. The van der Waals surface area contributed by atoms with Crippen LogP contribution in [0.4, 0.5) is 0 Å². The molecule has 1 aliphatic heterocycles. The van der Waals surface area contributed by atoms with Gasteiger partial charge in [0.15, 0.2) is 0 Å². The average Bonchev–Trinajstić information content (AvgIpc) is 2.78. The second kappa shape index (κ2) is 11.3. The smallest absolute Gasteiger partial charge is 0.274 e. The first-order valence-corrected chi connectivity index (χ1v) is 10.3. The molecule has 1 fully saturated rings. The molecule has 7 heteroatoms. The van der Waals surface area contributed by atoms with Crippen molar-refractivity contribution in [1.29, 1.82) is 0 Å². The molecule has 2 aromatic rings. The predicted molar refractivity (Wildman–Crippen MR) is 111 cm³/mol. The fraction of sp³-hybridized carbons (Fsp3) is 0.455. The van der Waals surface area contributed by atoms with Crippen LogP contribution in [-0.2, 0) is 11.3 Å². The van der Waals surface area contributed by atoms with E-state index in [4.69, 9.17) is 0 Å². The number of hydrogen-bond donors (Lipinski definition) is 1. The molecule has 1 aromatic heterocycles. The van der Waals surface area contributed by atoms with Gasteiger partial charge in [0.05, 0.1) is 6.20 Å². The Labute approximate surface area is 172 Å². The maximum Gasteiger partial charge on any atom is 0.274 e. The van der Waals surface area contributed by atoms with Crippen molar-refractivity contribution in [3.63, 3.8) is 0 Å². The molecule has 1 aromatic carbocycles. The number of nitrogens with zero attached hydrogens (tertiary/aromatic N) is 4. The third kappa shape index (κ3) is 6.94. The van der Waals surface area contributed by atoms with Gasteiger partial charge in [0.25, 0.3) is 5.91 Å². The number of benzene rings is 1. The first kappa shape index (κ1) is 20.9. The van der Waals surface area contributed by atoms with Gasteiger partial charge in [0.1, 0.15) is 5.69 Å². The zero-order valence-corrected chi connectivity index (χ0v) is 16.8. The minimum atomic E-state index is -0.219. The molecule has 29 heavy (non-hydrogen) atoms. The van der Waals surface area contributed by atoms with E-state index in [9.17, 15) is 9.59 Å². The van der Waals surface area contributed by atoms with Crippen LogP contribution < -0.4 is 5.32 Å². The van der Waals surface area contributed by atoms with Crippen LogP contribution in [-0.4, -0.2) is 64.3 Å². The Bertz CT molecular complexity index is 763. The quantitative estimate of drug-likeness (QED) is 0.704. The summed E-state index contributed by atoms with van der Waals surface area (Å²) in [5, 5.41) is 2.98. The van der Waals surface area contributed by atoms with E-state index in [-0.39, 0.29) is 23.9 Å². The van der Waals surface area contributed by atoms with Gasteiger partial charge >= 0.3 is 0 Å². The highest BCUT2D eigenvalue weighted by Gasteiger charge is 2.19. The minimum Gasteiger partial charge on any atom is -0.355 e. The Kier molecular flexibility index (Phi) is 8.12. The molecule has 1 aliphatic rings. The van der Waals surface area contributed by atoms with Crippen LogP contribution in [0.15, 0.2) is 48.9 Å².